The number of carbonyl (C=O) groups excluding carboxylic acids is 1. The second kappa shape index (κ2) is 8.29. The third-order valence-electron chi connectivity index (χ3n) is 6.55. The smallest absolute Gasteiger partial charge is 0.267 e. The molecule has 0 saturated carbocycles. The lowest BCUT2D eigenvalue weighted by Gasteiger charge is -2.35. The van der Waals surface area contributed by atoms with Crippen molar-refractivity contribution >= 4 is 49.7 Å². The van der Waals surface area contributed by atoms with Crippen molar-refractivity contribution in [3.05, 3.63) is 95.0 Å². The van der Waals surface area contributed by atoms with Gasteiger partial charge in [0.1, 0.15) is 5.75 Å². The number of amides is 1. The predicted octanol–water partition coefficient (Wildman–Crippen LogP) is 5.19. The number of nitrogens with one attached hydrogen (secondary N) is 1. The van der Waals surface area contributed by atoms with Crippen LogP contribution in [0.15, 0.2) is 83.8 Å². The summed E-state index contributed by atoms with van der Waals surface area (Å²) in [6, 6.07) is 22.9. The number of hydrogen-bond acceptors (Lipinski definition) is 4. The second-order valence-corrected chi connectivity index (χ2v) is 11.0. The van der Waals surface area contributed by atoms with Crippen molar-refractivity contribution < 1.29 is 17.9 Å². The van der Waals surface area contributed by atoms with E-state index < -0.39 is 22.0 Å². The number of sulfonamides is 1. The Labute approximate surface area is 208 Å². The Bertz CT molecular complexity index is 1580. The summed E-state index contributed by atoms with van der Waals surface area (Å²) in [5.74, 6) is -0.140. The molecule has 6 nitrogen and oxygen atoms in total. The first-order valence-electron chi connectivity index (χ1n) is 11.3. The first-order valence-corrected chi connectivity index (χ1v) is 13.1. The first kappa shape index (κ1) is 21.9. The summed E-state index contributed by atoms with van der Waals surface area (Å²) < 4.78 is 34.3. The number of nitrogens with zero attached hydrogens (tertiary/aromatic N) is 1. The minimum Gasteiger partial charge on any atom is -0.476 e. The SMILES string of the molecule is O=C(Nc1ccc2c3c(cccc13)CC2)C1CN(S(=O)(=O)c2ccccc2)c2cc(Cl)ccc2O1. The Morgan fingerprint density at radius 3 is 2.51 bits per heavy atom. The third-order valence-corrected chi connectivity index (χ3v) is 8.58. The zero-order valence-corrected chi connectivity index (χ0v) is 20.1. The van der Waals surface area contributed by atoms with Gasteiger partial charge in [-0.25, -0.2) is 8.42 Å². The number of ether oxygens (including phenoxy) is 1. The largest absolute Gasteiger partial charge is 0.476 e. The van der Waals surface area contributed by atoms with Crippen molar-refractivity contribution in [2.24, 2.45) is 0 Å². The van der Waals surface area contributed by atoms with E-state index in [1.54, 1.807) is 30.3 Å². The van der Waals surface area contributed by atoms with Crippen LogP contribution in [0.4, 0.5) is 11.4 Å². The predicted molar refractivity (Wildman–Crippen MR) is 137 cm³/mol. The molecule has 4 aromatic carbocycles. The maximum Gasteiger partial charge on any atom is 0.267 e. The third kappa shape index (κ3) is 3.72. The molecule has 2 aliphatic rings. The summed E-state index contributed by atoms with van der Waals surface area (Å²) in [7, 11) is -3.95. The van der Waals surface area contributed by atoms with Crippen molar-refractivity contribution in [2.75, 3.05) is 16.2 Å². The van der Waals surface area contributed by atoms with Crippen molar-refractivity contribution in [1.29, 1.82) is 0 Å². The maximum absolute atomic E-state index is 13.5. The summed E-state index contributed by atoms with van der Waals surface area (Å²) in [5.41, 5.74) is 3.53. The van der Waals surface area contributed by atoms with Gasteiger partial charge in [0, 0.05) is 16.1 Å². The normalized spacial score (nSPS) is 16.6. The van der Waals surface area contributed by atoms with Gasteiger partial charge in [0.15, 0.2) is 6.10 Å². The van der Waals surface area contributed by atoms with E-state index in [9.17, 15) is 13.2 Å². The van der Waals surface area contributed by atoms with E-state index in [4.69, 9.17) is 16.3 Å². The van der Waals surface area contributed by atoms with Crippen molar-refractivity contribution in [1.82, 2.24) is 0 Å². The van der Waals surface area contributed by atoms with Crippen LogP contribution in [0.3, 0.4) is 0 Å². The van der Waals surface area contributed by atoms with Gasteiger partial charge < -0.3 is 10.1 Å². The van der Waals surface area contributed by atoms with Crippen molar-refractivity contribution in [3.8, 4) is 5.75 Å². The van der Waals surface area contributed by atoms with E-state index >= 15 is 0 Å². The Kier molecular flexibility index (Phi) is 5.20. The molecule has 1 unspecified atom stereocenters. The van der Waals surface area contributed by atoms with Crippen LogP contribution in [0, 0.1) is 0 Å². The van der Waals surface area contributed by atoms with Crippen molar-refractivity contribution in [3.63, 3.8) is 0 Å². The van der Waals surface area contributed by atoms with Crippen LogP contribution < -0.4 is 14.4 Å². The number of fused-ring (bicyclic) bond motifs is 1. The number of anilines is 2. The van der Waals surface area contributed by atoms with Crippen LogP contribution in [0.5, 0.6) is 5.75 Å². The molecular weight excluding hydrogens is 484 g/mol. The molecule has 0 bridgehead atoms. The van der Waals surface area contributed by atoms with Gasteiger partial charge in [0.2, 0.25) is 0 Å². The van der Waals surface area contributed by atoms with E-state index in [0.29, 0.717) is 16.4 Å². The van der Waals surface area contributed by atoms with E-state index in [-0.39, 0.29) is 17.2 Å². The van der Waals surface area contributed by atoms with Gasteiger partial charge in [-0.2, -0.15) is 0 Å². The molecule has 0 aromatic heterocycles. The number of benzene rings is 4. The fourth-order valence-corrected chi connectivity index (χ4v) is 6.53. The molecule has 4 aromatic rings. The average Bonchev–Trinajstić information content (AvgIpc) is 3.30. The molecule has 1 aliphatic heterocycles. The summed E-state index contributed by atoms with van der Waals surface area (Å²) in [6.07, 6.45) is 0.924. The van der Waals surface area contributed by atoms with E-state index in [2.05, 4.69) is 11.4 Å². The van der Waals surface area contributed by atoms with E-state index in [0.717, 1.165) is 18.2 Å². The molecule has 0 saturated heterocycles. The minimum atomic E-state index is -3.95. The summed E-state index contributed by atoms with van der Waals surface area (Å²) in [4.78, 5) is 13.5. The topological polar surface area (TPSA) is 75.7 Å². The average molecular weight is 505 g/mol. The van der Waals surface area contributed by atoms with Crippen molar-refractivity contribution in [2.45, 2.75) is 23.8 Å². The Morgan fingerprint density at radius 2 is 1.71 bits per heavy atom. The van der Waals surface area contributed by atoms with Gasteiger partial charge in [-0.3, -0.25) is 9.10 Å². The fourth-order valence-electron chi connectivity index (χ4n) is 4.88. The highest BCUT2D eigenvalue weighted by molar-refractivity contribution is 7.92. The van der Waals surface area contributed by atoms with Crippen LogP contribution in [-0.4, -0.2) is 27.0 Å². The molecule has 176 valence electrons. The Hall–Kier alpha value is -3.55. The molecule has 1 atom stereocenters. The highest BCUT2D eigenvalue weighted by Gasteiger charge is 2.38. The molecule has 0 radical (unpaired) electrons. The first-order chi connectivity index (χ1) is 16.9. The van der Waals surface area contributed by atoms with E-state index in [1.807, 2.05) is 24.3 Å². The van der Waals surface area contributed by atoms with Gasteiger partial charge in [-0.15, -0.1) is 0 Å². The lowest BCUT2D eigenvalue weighted by molar-refractivity contribution is -0.122. The quantitative estimate of drug-likeness (QED) is 0.415. The molecule has 1 amide bonds. The molecule has 6 rings (SSSR count). The Morgan fingerprint density at radius 1 is 0.943 bits per heavy atom. The molecular formula is C27H21ClN2O4S. The summed E-state index contributed by atoms with van der Waals surface area (Å²) in [6.45, 7) is -0.183. The molecule has 8 heteroatoms. The van der Waals surface area contributed by atoms with Gasteiger partial charge >= 0.3 is 0 Å². The maximum atomic E-state index is 13.5. The molecule has 0 spiro atoms. The van der Waals surface area contributed by atoms with E-state index in [1.165, 1.54) is 39.0 Å². The standard InChI is InChI=1S/C27H21ClN2O4S/c28-19-12-14-24-23(15-19)30(35(32,33)20-6-2-1-3-7-20)16-25(34-24)27(31)29-22-13-11-18-10-9-17-5-4-8-21(22)26(17)18/h1-8,11-15,25H,9-10,16H2,(H,29,31). The molecule has 1 heterocycles. The second-order valence-electron chi connectivity index (χ2n) is 8.67. The fraction of sp³-hybridized carbons (Fsp3) is 0.148. The number of rotatable bonds is 4. The van der Waals surface area contributed by atoms with Gasteiger partial charge in [-0.1, -0.05) is 54.1 Å². The van der Waals surface area contributed by atoms with Crippen LogP contribution in [0.2, 0.25) is 5.02 Å². The monoisotopic (exact) mass is 504 g/mol. The molecule has 0 fully saturated rings. The number of aryl methyl sites for hydroxylation is 2. The van der Waals surface area contributed by atoms with Gasteiger partial charge in [0.05, 0.1) is 17.1 Å². The van der Waals surface area contributed by atoms with Crippen LogP contribution in [-0.2, 0) is 27.7 Å². The highest BCUT2D eigenvalue weighted by atomic mass is 35.5. The minimum absolute atomic E-state index is 0.125. The van der Waals surface area contributed by atoms with Crippen LogP contribution in [0.25, 0.3) is 10.8 Å². The molecule has 1 N–H and O–H groups in total. The van der Waals surface area contributed by atoms with Gasteiger partial charge in [0.25, 0.3) is 15.9 Å². The zero-order valence-electron chi connectivity index (χ0n) is 18.6. The molecule has 1 aliphatic carbocycles. The van der Waals surface area contributed by atoms with Gasteiger partial charge in [-0.05, 0) is 65.8 Å². The number of hydrogen-bond donors (Lipinski definition) is 1. The zero-order chi connectivity index (χ0) is 24.2. The number of halogens is 1. The summed E-state index contributed by atoms with van der Waals surface area (Å²) in [5, 5.41) is 5.51. The Balaban J connectivity index is 1.36. The molecule has 35 heavy (non-hydrogen) atoms. The van der Waals surface area contributed by atoms with Crippen LogP contribution >= 0.6 is 11.6 Å². The lowest BCUT2D eigenvalue weighted by Crippen LogP contribution is -2.48. The number of carbonyl (C=O) groups is 1. The lowest BCUT2D eigenvalue weighted by atomic mass is 10.0. The van der Waals surface area contributed by atoms with Crippen LogP contribution in [0.1, 0.15) is 11.1 Å². The summed E-state index contributed by atoms with van der Waals surface area (Å²) >= 11 is 6.17. The highest BCUT2D eigenvalue weighted by Crippen LogP contribution is 2.39.